The summed E-state index contributed by atoms with van der Waals surface area (Å²) >= 11 is 0. The first-order chi connectivity index (χ1) is 4.85. The average molecular weight is 143 g/mol. The van der Waals surface area contributed by atoms with Crippen LogP contribution in [0.15, 0.2) is 6.58 Å². The molecule has 1 saturated heterocycles. The Morgan fingerprint density at radius 2 is 2.40 bits per heavy atom. The molecule has 1 fully saturated rings. The van der Waals surface area contributed by atoms with Crippen molar-refractivity contribution >= 4 is 5.94 Å². The van der Waals surface area contributed by atoms with Gasteiger partial charge in [-0.1, -0.05) is 0 Å². The highest BCUT2D eigenvalue weighted by Crippen LogP contribution is 2.09. The van der Waals surface area contributed by atoms with E-state index in [4.69, 9.17) is 15.3 Å². The van der Waals surface area contributed by atoms with Crippen LogP contribution in [-0.4, -0.2) is 25.2 Å². The van der Waals surface area contributed by atoms with E-state index in [-0.39, 0.29) is 0 Å². The number of hydrogen-bond acceptors (Lipinski definition) is 3. The van der Waals surface area contributed by atoms with Gasteiger partial charge in [0.2, 0.25) is 0 Å². The molecule has 3 heteroatoms. The molecule has 3 nitrogen and oxygen atoms in total. The number of rotatable bonds is 1. The van der Waals surface area contributed by atoms with Crippen LogP contribution in [0, 0.1) is 0 Å². The zero-order valence-corrected chi connectivity index (χ0v) is 6.01. The second-order valence-corrected chi connectivity index (χ2v) is 2.02. The third-order valence-corrected chi connectivity index (χ3v) is 1.29. The lowest BCUT2D eigenvalue weighted by atomic mass is 10.2. The van der Waals surface area contributed by atoms with Gasteiger partial charge in [0.25, 0.3) is 0 Å². The molecule has 0 bridgehead atoms. The minimum absolute atomic E-state index is 0.375. The maximum Gasteiger partial charge on any atom is 0.116 e. The standard InChI is InChI=1S/C5H11NO.C2H2O/c6-4-5-2-1-3-7-5;1-2-3/h5H,1-4,6H2;1H2. The first-order valence-corrected chi connectivity index (χ1v) is 3.31. The summed E-state index contributed by atoms with van der Waals surface area (Å²) in [5.74, 6) is 1.25. The molecule has 10 heavy (non-hydrogen) atoms. The highest BCUT2D eigenvalue weighted by atomic mass is 16.5. The zero-order chi connectivity index (χ0) is 7.82. The van der Waals surface area contributed by atoms with Crippen LogP contribution in [0.25, 0.3) is 0 Å². The molecule has 1 rings (SSSR count). The van der Waals surface area contributed by atoms with Crippen LogP contribution in [0.2, 0.25) is 0 Å². The van der Waals surface area contributed by atoms with Crippen LogP contribution in [-0.2, 0) is 9.53 Å². The van der Waals surface area contributed by atoms with Gasteiger partial charge >= 0.3 is 0 Å². The van der Waals surface area contributed by atoms with Gasteiger partial charge in [-0.25, -0.2) is 4.79 Å². The lowest BCUT2D eigenvalue weighted by molar-refractivity contribution is 0.117. The second-order valence-electron chi connectivity index (χ2n) is 2.02. The average Bonchev–Trinajstić information content (AvgIpc) is 2.39. The monoisotopic (exact) mass is 143 g/mol. The van der Waals surface area contributed by atoms with Crippen LogP contribution in [0.1, 0.15) is 12.8 Å². The van der Waals surface area contributed by atoms with E-state index in [1.807, 2.05) is 0 Å². The Balaban J connectivity index is 0.000000236. The molecule has 0 aromatic rings. The Labute approximate surface area is 60.9 Å². The summed E-state index contributed by atoms with van der Waals surface area (Å²) in [6.45, 7) is 4.29. The van der Waals surface area contributed by atoms with E-state index in [0.717, 1.165) is 13.0 Å². The van der Waals surface area contributed by atoms with Crippen molar-refractivity contribution in [2.24, 2.45) is 5.73 Å². The summed E-state index contributed by atoms with van der Waals surface area (Å²) in [5.41, 5.74) is 5.31. The van der Waals surface area contributed by atoms with Gasteiger partial charge in [-0.2, -0.15) is 0 Å². The van der Waals surface area contributed by atoms with E-state index in [9.17, 15) is 0 Å². The van der Waals surface area contributed by atoms with Crippen molar-refractivity contribution in [2.75, 3.05) is 13.2 Å². The Morgan fingerprint density at radius 1 is 1.80 bits per heavy atom. The molecule has 0 aliphatic carbocycles. The third kappa shape index (κ3) is 4.27. The lowest BCUT2D eigenvalue weighted by Gasteiger charge is -2.01. The molecule has 1 atom stereocenters. The SMILES string of the molecule is C=C=O.NCC1CCCO1. The largest absolute Gasteiger partial charge is 0.377 e. The van der Waals surface area contributed by atoms with Gasteiger partial charge < -0.3 is 10.5 Å². The number of nitrogens with two attached hydrogens (primary N) is 1. The summed E-state index contributed by atoms with van der Waals surface area (Å²) in [6.07, 6.45) is 2.73. The first kappa shape index (κ1) is 9.37. The van der Waals surface area contributed by atoms with Gasteiger partial charge in [0, 0.05) is 13.2 Å². The van der Waals surface area contributed by atoms with E-state index < -0.39 is 0 Å². The van der Waals surface area contributed by atoms with Crippen molar-refractivity contribution in [3.63, 3.8) is 0 Å². The summed E-state index contributed by atoms with van der Waals surface area (Å²) in [7, 11) is 0. The molecule has 0 aromatic heterocycles. The first-order valence-electron chi connectivity index (χ1n) is 3.31. The summed E-state index contributed by atoms with van der Waals surface area (Å²) in [4.78, 5) is 8.57. The smallest absolute Gasteiger partial charge is 0.116 e. The Morgan fingerprint density at radius 3 is 2.60 bits per heavy atom. The van der Waals surface area contributed by atoms with Crippen molar-refractivity contribution in [2.45, 2.75) is 18.9 Å². The molecule has 0 amide bonds. The summed E-state index contributed by atoms with van der Waals surface area (Å²) < 4.78 is 5.18. The fraction of sp³-hybridized carbons (Fsp3) is 0.714. The third-order valence-electron chi connectivity index (χ3n) is 1.29. The molecule has 1 unspecified atom stereocenters. The van der Waals surface area contributed by atoms with Crippen molar-refractivity contribution in [3.8, 4) is 0 Å². The summed E-state index contributed by atoms with van der Waals surface area (Å²) in [5, 5.41) is 0. The Hall–Kier alpha value is -0.630. The topological polar surface area (TPSA) is 52.3 Å². The molecule has 0 aromatic carbocycles. The Bertz CT molecular complexity index is 102. The molecule has 2 N–H and O–H groups in total. The predicted octanol–water partition coefficient (Wildman–Crippen LogP) is 0.128. The number of hydrogen-bond donors (Lipinski definition) is 1. The number of carbonyl (C=O) groups excluding carboxylic acids is 1. The molecular formula is C7H13NO2. The van der Waals surface area contributed by atoms with Crippen LogP contribution in [0.3, 0.4) is 0 Å². The van der Waals surface area contributed by atoms with E-state index in [2.05, 4.69) is 6.58 Å². The quantitative estimate of drug-likeness (QED) is 0.531. The highest BCUT2D eigenvalue weighted by Gasteiger charge is 2.11. The summed E-state index contributed by atoms with van der Waals surface area (Å²) in [6, 6.07) is 0. The van der Waals surface area contributed by atoms with Crippen LogP contribution in [0.4, 0.5) is 0 Å². The van der Waals surface area contributed by atoms with Crippen molar-refractivity contribution < 1.29 is 9.53 Å². The zero-order valence-electron chi connectivity index (χ0n) is 6.01. The minimum Gasteiger partial charge on any atom is -0.377 e. The fourth-order valence-corrected chi connectivity index (χ4v) is 0.830. The minimum atomic E-state index is 0.375. The maximum atomic E-state index is 8.57. The molecule has 58 valence electrons. The number of ether oxygens (including phenoxy) is 1. The predicted molar refractivity (Wildman–Crippen MR) is 39.3 cm³/mol. The van der Waals surface area contributed by atoms with Gasteiger partial charge in [0.05, 0.1) is 6.10 Å². The van der Waals surface area contributed by atoms with E-state index in [1.165, 1.54) is 12.4 Å². The van der Waals surface area contributed by atoms with Crippen LogP contribution >= 0.6 is 0 Å². The Kier molecular flexibility index (Phi) is 6.08. The van der Waals surface area contributed by atoms with E-state index in [0.29, 0.717) is 12.6 Å². The van der Waals surface area contributed by atoms with Crippen molar-refractivity contribution in [1.82, 2.24) is 0 Å². The van der Waals surface area contributed by atoms with Gasteiger partial charge in [-0.05, 0) is 19.4 Å². The highest BCUT2D eigenvalue weighted by molar-refractivity contribution is 5.38. The normalized spacial score (nSPS) is 22.7. The molecule has 0 saturated carbocycles. The van der Waals surface area contributed by atoms with E-state index >= 15 is 0 Å². The molecule has 0 radical (unpaired) electrons. The molecule has 1 aliphatic rings. The van der Waals surface area contributed by atoms with E-state index in [1.54, 1.807) is 0 Å². The molecule has 1 aliphatic heterocycles. The van der Waals surface area contributed by atoms with Gasteiger partial charge in [0.1, 0.15) is 5.94 Å². The van der Waals surface area contributed by atoms with Crippen molar-refractivity contribution in [3.05, 3.63) is 6.58 Å². The van der Waals surface area contributed by atoms with Gasteiger partial charge in [-0.15, -0.1) is 0 Å². The maximum absolute atomic E-state index is 8.57. The van der Waals surface area contributed by atoms with Crippen LogP contribution < -0.4 is 5.73 Å². The van der Waals surface area contributed by atoms with Crippen LogP contribution in [0.5, 0.6) is 0 Å². The van der Waals surface area contributed by atoms with Gasteiger partial charge in [0.15, 0.2) is 0 Å². The molecule has 1 heterocycles. The lowest BCUT2D eigenvalue weighted by Crippen LogP contribution is -2.17. The molecule has 0 spiro atoms. The second kappa shape index (κ2) is 6.49. The molecular weight excluding hydrogens is 130 g/mol. The fourth-order valence-electron chi connectivity index (χ4n) is 0.830. The van der Waals surface area contributed by atoms with Gasteiger partial charge in [-0.3, -0.25) is 0 Å². The van der Waals surface area contributed by atoms with Crippen molar-refractivity contribution in [1.29, 1.82) is 0 Å².